The van der Waals surface area contributed by atoms with Crippen LogP contribution in [-0.4, -0.2) is 19.6 Å². The third-order valence-corrected chi connectivity index (χ3v) is 3.61. The van der Waals surface area contributed by atoms with Gasteiger partial charge in [0.05, 0.1) is 13.0 Å². The number of hydrogen-bond donors (Lipinski definition) is 1. The molecule has 0 saturated heterocycles. The zero-order valence-corrected chi connectivity index (χ0v) is 11.8. The summed E-state index contributed by atoms with van der Waals surface area (Å²) in [6, 6.07) is 15.1. The van der Waals surface area contributed by atoms with Gasteiger partial charge in [-0.25, -0.2) is 0 Å². The molecule has 0 spiro atoms. The molecule has 108 valence electrons. The Hall–Kier alpha value is -2.49. The summed E-state index contributed by atoms with van der Waals surface area (Å²) < 4.78 is 10.7. The molecule has 1 N–H and O–H groups in total. The summed E-state index contributed by atoms with van der Waals surface area (Å²) in [5.41, 5.74) is 1.85. The molecule has 1 atom stereocenters. The number of methoxy groups -OCH3 is 1. The molecule has 1 amide bonds. The number of nitrogens with one attached hydrogen (secondary N) is 1. The summed E-state index contributed by atoms with van der Waals surface area (Å²) in [5, 5.41) is 2.92. The van der Waals surface area contributed by atoms with Crippen molar-refractivity contribution >= 4 is 11.6 Å². The molecule has 0 fully saturated rings. The fourth-order valence-corrected chi connectivity index (χ4v) is 2.42. The van der Waals surface area contributed by atoms with E-state index in [1.54, 1.807) is 7.11 Å². The van der Waals surface area contributed by atoms with Crippen molar-refractivity contribution in [2.75, 3.05) is 19.0 Å². The van der Waals surface area contributed by atoms with Gasteiger partial charge in [-0.05, 0) is 42.3 Å². The maximum atomic E-state index is 12.3. The number of hydrogen-bond acceptors (Lipinski definition) is 3. The van der Waals surface area contributed by atoms with Gasteiger partial charge >= 0.3 is 0 Å². The van der Waals surface area contributed by atoms with Crippen LogP contribution >= 0.6 is 0 Å². The number of para-hydroxylation sites is 1. The lowest BCUT2D eigenvalue weighted by Gasteiger charge is -2.24. The smallest absolute Gasteiger partial charge is 0.231 e. The van der Waals surface area contributed by atoms with Crippen molar-refractivity contribution < 1.29 is 14.3 Å². The van der Waals surface area contributed by atoms with Gasteiger partial charge in [-0.15, -0.1) is 0 Å². The number of carbonyl (C=O) groups is 1. The van der Waals surface area contributed by atoms with Crippen LogP contribution in [0.15, 0.2) is 48.5 Å². The second kappa shape index (κ2) is 5.87. The minimum atomic E-state index is -0.165. The third kappa shape index (κ3) is 2.99. The van der Waals surface area contributed by atoms with Crippen LogP contribution < -0.4 is 14.8 Å². The Kier molecular flexibility index (Phi) is 3.77. The minimum Gasteiger partial charge on any atom is -0.497 e. The van der Waals surface area contributed by atoms with Crippen LogP contribution in [0, 0.1) is 5.92 Å². The molecule has 4 nitrogen and oxygen atoms in total. The minimum absolute atomic E-state index is 0.0188. The molecule has 1 heterocycles. The number of benzene rings is 2. The fourth-order valence-electron chi connectivity index (χ4n) is 2.42. The van der Waals surface area contributed by atoms with Crippen molar-refractivity contribution in [2.45, 2.75) is 6.42 Å². The fraction of sp³-hybridized carbons (Fsp3) is 0.235. The van der Waals surface area contributed by atoms with Gasteiger partial charge in [0.25, 0.3) is 0 Å². The lowest BCUT2D eigenvalue weighted by atomic mass is 9.96. The maximum Gasteiger partial charge on any atom is 0.231 e. The highest BCUT2D eigenvalue weighted by atomic mass is 16.5. The Morgan fingerprint density at radius 3 is 2.71 bits per heavy atom. The van der Waals surface area contributed by atoms with Gasteiger partial charge in [0.1, 0.15) is 18.1 Å². The molecule has 0 aliphatic carbocycles. The molecular formula is C17H17NO3. The van der Waals surface area contributed by atoms with E-state index in [1.807, 2.05) is 48.5 Å². The first-order valence-corrected chi connectivity index (χ1v) is 6.92. The number of fused-ring (bicyclic) bond motifs is 1. The highest BCUT2D eigenvalue weighted by molar-refractivity contribution is 5.93. The first-order chi connectivity index (χ1) is 10.3. The third-order valence-electron chi connectivity index (χ3n) is 3.61. The first-order valence-electron chi connectivity index (χ1n) is 6.92. The second-order valence-corrected chi connectivity index (χ2v) is 5.04. The number of rotatable bonds is 3. The largest absolute Gasteiger partial charge is 0.497 e. The predicted molar refractivity (Wildman–Crippen MR) is 80.8 cm³/mol. The molecule has 0 radical (unpaired) electrons. The second-order valence-electron chi connectivity index (χ2n) is 5.04. The predicted octanol–water partition coefficient (Wildman–Crippen LogP) is 2.89. The van der Waals surface area contributed by atoms with Crippen molar-refractivity contribution in [3.05, 3.63) is 54.1 Å². The molecule has 0 saturated carbocycles. The quantitative estimate of drug-likeness (QED) is 0.942. The SMILES string of the molecule is COc1ccc(NC(=O)C2COc3ccccc3C2)cc1. The normalized spacial score (nSPS) is 16.5. The van der Waals surface area contributed by atoms with Crippen LogP contribution in [0.4, 0.5) is 5.69 Å². The van der Waals surface area contributed by atoms with E-state index in [9.17, 15) is 4.79 Å². The van der Waals surface area contributed by atoms with Crippen molar-refractivity contribution in [1.29, 1.82) is 0 Å². The molecule has 1 unspecified atom stereocenters. The molecule has 1 aliphatic rings. The Bertz CT molecular complexity index is 637. The van der Waals surface area contributed by atoms with E-state index < -0.39 is 0 Å². The molecule has 3 rings (SSSR count). The van der Waals surface area contributed by atoms with Gasteiger partial charge in [-0.1, -0.05) is 18.2 Å². The summed E-state index contributed by atoms with van der Waals surface area (Å²) in [6.07, 6.45) is 0.707. The summed E-state index contributed by atoms with van der Waals surface area (Å²) in [6.45, 7) is 0.416. The molecule has 4 heteroatoms. The summed E-state index contributed by atoms with van der Waals surface area (Å²) >= 11 is 0. The standard InChI is InChI=1S/C17H17NO3/c1-20-15-8-6-14(7-9-15)18-17(19)13-10-12-4-2-3-5-16(12)21-11-13/h2-9,13H,10-11H2,1H3,(H,18,19). The molecule has 0 bridgehead atoms. The maximum absolute atomic E-state index is 12.3. The van der Waals surface area contributed by atoms with Crippen LogP contribution in [0.3, 0.4) is 0 Å². The number of amides is 1. The first kappa shape index (κ1) is 13.5. The summed E-state index contributed by atoms with van der Waals surface area (Å²) in [7, 11) is 1.62. The van der Waals surface area contributed by atoms with E-state index in [-0.39, 0.29) is 11.8 Å². The molecule has 2 aromatic rings. The Balaban J connectivity index is 1.66. The van der Waals surface area contributed by atoms with E-state index in [1.165, 1.54) is 0 Å². The monoisotopic (exact) mass is 283 g/mol. The number of ether oxygens (including phenoxy) is 2. The van der Waals surface area contributed by atoms with Crippen LogP contribution in [0.5, 0.6) is 11.5 Å². The Morgan fingerprint density at radius 2 is 1.95 bits per heavy atom. The van der Waals surface area contributed by atoms with Crippen molar-refractivity contribution in [3.63, 3.8) is 0 Å². The molecule has 0 aromatic heterocycles. The highest BCUT2D eigenvalue weighted by Gasteiger charge is 2.25. The lowest BCUT2D eigenvalue weighted by molar-refractivity contribution is -0.121. The van der Waals surface area contributed by atoms with Crippen LogP contribution in [0.2, 0.25) is 0 Å². The van der Waals surface area contributed by atoms with Crippen molar-refractivity contribution in [2.24, 2.45) is 5.92 Å². The van der Waals surface area contributed by atoms with Crippen LogP contribution in [0.25, 0.3) is 0 Å². The Labute approximate surface area is 123 Å². The highest BCUT2D eigenvalue weighted by Crippen LogP contribution is 2.27. The Morgan fingerprint density at radius 1 is 1.19 bits per heavy atom. The van der Waals surface area contributed by atoms with Crippen LogP contribution in [-0.2, 0) is 11.2 Å². The van der Waals surface area contributed by atoms with Gasteiger partial charge in [-0.3, -0.25) is 4.79 Å². The van der Waals surface area contributed by atoms with Gasteiger partial charge < -0.3 is 14.8 Å². The summed E-state index contributed by atoms with van der Waals surface area (Å²) in [4.78, 5) is 12.3. The average molecular weight is 283 g/mol. The topological polar surface area (TPSA) is 47.6 Å². The number of anilines is 1. The lowest BCUT2D eigenvalue weighted by Crippen LogP contribution is -2.32. The van der Waals surface area contributed by atoms with E-state index in [0.29, 0.717) is 13.0 Å². The number of carbonyl (C=O) groups excluding carboxylic acids is 1. The van der Waals surface area contributed by atoms with E-state index in [2.05, 4.69) is 5.32 Å². The molecule has 2 aromatic carbocycles. The summed E-state index contributed by atoms with van der Waals surface area (Å²) in [5.74, 6) is 1.46. The van der Waals surface area contributed by atoms with Crippen molar-refractivity contribution in [1.82, 2.24) is 0 Å². The average Bonchev–Trinajstić information content (AvgIpc) is 2.55. The molecule has 1 aliphatic heterocycles. The zero-order chi connectivity index (χ0) is 14.7. The van der Waals surface area contributed by atoms with E-state index >= 15 is 0 Å². The molecular weight excluding hydrogens is 266 g/mol. The van der Waals surface area contributed by atoms with Gasteiger partial charge in [0.15, 0.2) is 0 Å². The van der Waals surface area contributed by atoms with Crippen molar-refractivity contribution in [3.8, 4) is 11.5 Å². The molecule has 21 heavy (non-hydrogen) atoms. The van der Waals surface area contributed by atoms with Gasteiger partial charge in [-0.2, -0.15) is 0 Å². The zero-order valence-electron chi connectivity index (χ0n) is 11.8. The van der Waals surface area contributed by atoms with E-state index in [0.717, 1.165) is 22.7 Å². The van der Waals surface area contributed by atoms with E-state index in [4.69, 9.17) is 9.47 Å². The van der Waals surface area contributed by atoms with Crippen LogP contribution in [0.1, 0.15) is 5.56 Å². The van der Waals surface area contributed by atoms with Gasteiger partial charge in [0.2, 0.25) is 5.91 Å². The van der Waals surface area contributed by atoms with Gasteiger partial charge in [0, 0.05) is 5.69 Å².